The van der Waals surface area contributed by atoms with Gasteiger partial charge < -0.3 is 5.11 Å². The van der Waals surface area contributed by atoms with Gasteiger partial charge >= 0.3 is 0 Å². The highest BCUT2D eigenvalue weighted by Gasteiger charge is 2.28. The van der Waals surface area contributed by atoms with E-state index in [1.54, 1.807) is 6.20 Å². The smallest absolute Gasteiger partial charge is 0.123 e. The molecule has 0 aliphatic rings. The highest BCUT2D eigenvalue weighted by Crippen LogP contribution is 2.41. The van der Waals surface area contributed by atoms with Crippen molar-refractivity contribution in [3.8, 4) is 11.8 Å². The second kappa shape index (κ2) is 7.33. The molecule has 3 heteroatoms. The van der Waals surface area contributed by atoms with Gasteiger partial charge in [-0.05, 0) is 53.2 Å². The number of rotatable bonds is 4. The van der Waals surface area contributed by atoms with Gasteiger partial charge in [0.2, 0.25) is 0 Å². The molecule has 136 valence electrons. The van der Waals surface area contributed by atoms with Crippen molar-refractivity contribution in [2.24, 2.45) is 0 Å². The fraction of sp³-hybridized carbons (Fsp3) is 0.391. The van der Waals surface area contributed by atoms with Gasteiger partial charge in [0.1, 0.15) is 11.8 Å². The number of aromatic hydroxyl groups is 1. The summed E-state index contributed by atoms with van der Waals surface area (Å²) in [7, 11) is 0. The molecule has 1 N–H and O–H groups in total. The third kappa shape index (κ3) is 4.14. The molecule has 0 radical (unpaired) electrons. The van der Waals surface area contributed by atoms with Gasteiger partial charge in [-0.2, -0.15) is 5.26 Å². The highest BCUT2D eigenvalue weighted by atomic mass is 16.3. The fourth-order valence-corrected chi connectivity index (χ4v) is 2.87. The van der Waals surface area contributed by atoms with E-state index in [0.29, 0.717) is 17.0 Å². The van der Waals surface area contributed by atoms with Crippen molar-refractivity contribution in [1.29, 1.82) is 5.26 Å². The van der Waals surface area contributed by atoms with Crippen LogP contribution < -0.4 is 0 Å². The van der Waals surface area contributed by atoms with Crippen molar-refractivity contribution in [2.75, 3.05) is 0 Å². The van der Waals surface area contributed by atoms with Gasteiger partial charge in [0.15, 0.2) is 0 Å². The molecule has 1 heterocycles. The number of benzene rings is 1. The number of allylic oxidation sites excluding steroid dienone is 1. The van der Waals surface area contributed by atoms with E-state index >= 15 is 0 Å². The molecule has 0 unspecified atom stereocenters. The summed E-state index contributed by atoms with van der Waals surface area (Å²) >= 11 is 0. The summed E-state index contributed by atoms with van der Waals surface area (Å²) in [4.78, 5) is 4.28. The van der Waals surface area contributed by atoms with Gasteiger partial charge in [0, 0.05) is 17.3 Å². The first kappa shape index (κ1) is 19.7. The van der Waals surface area contributed by atoms with E-state index in [0.717, 1.165) is 23.1 Å². The lowest BCUT2D eigenvalue weighted by atomic mass is 9.76. The Balaban J connectivity index is 2.72. The van der Waals surface area contributed by atoms with Crippen molar-refractivity contribution in [2.45, 2.75) is 58.8 Å². The minimum absolute atomic E-state index is 0.161. The largest absolute Gasteiger partial charge is 0.507 e. The topological polar surface area (TPSA) is 56.9 Å². The molecule has 3 nitrogen and oxygen atoms in total. The number of phenolic OH excluding ortho intramolecular Hbond substituents is 1. The second-order valence-electron chi connectivity index (χ2n) is 8.34. The van der Waals surface area contributed by atoms with Crippen LogP contribution in [0.15, 0.2) is 36.5 Å². The Hall–Kier alpha value is -2.60. The maximum absolute atomic E-state index is 10.9. The molecule has 0 spiro atoms. The number of nitriles is 1. The summed E-state index contributed by atoms with van der Waals surface area (Å²) in [6.45, 7) is 12.6. The molecule has 26 heavy (non-hydrogen) atoms. The first-order valence-corrected chi connectivity index (χ1v) is 9.01. The van der Waals surface area contributed by atoms with Crippen LogP contribution >= 0.6 is 0 Å². The zero-order valence-corrected chi connectivity index (χ0v) is 16.6. The van der Waals surface area contributed by atoms with Crippen molar-refractivity contribution in [3.63, 3.8) is 0 Å². The molecule has 2 aromatic rings. The van der Waals surface area contributed by atoms with Crippen LogP contribution in [0.4, 0.5) is 0 Å². The van der Waals surface area contributed by atoms with Crippen LogP contribution in [-0.4, -0.2) is 10.1 Å². The lowest BCUT2D eigenvalue weighted by Gasteiger charge is -2.29. The summed E-state index contributed by atoms with van der Waals surface area (Å²) in [5, 5.41) is 20.5. The summed E-state index contributed by atoms with van der Waals surface area (Å²) in [6.07, 6.45) is 4.44. The van der Waals surface area contributed by atoms with Crippen LogP contribution in [0.2, 0.25) is 0 Å². The molecule has 0 fully saturated rings. The Morgan fingerprint density at radius 3 is 2.31 bits per heavy atom. The predicted octanol–water partition coefficient (Wildman–Crippen LogP) is 5.84. The standard InChI is InChI=1S/C23H28N2O/c1-7-23(5,6)19-14-16(13-18(21(19)26)22(2,3)4)12-17(15-24)20-10-8-9-11-25-20/h8-14,26H,7H2,1-6H3/b17-12+. The van der Waals surface area contributed by atoms with Crippen molar-refractivity contribution < 1.29 is 5.11 Å². The molecule has 0 bridgehead atoms. The van der Waals surface area contributed by atoms with E-state index in [9.17, 15) is 10.4 Å². The quantitative estimate of drug-likeness (QED) is 0.706. The molecule has 0 amide bonds. The Bertz CT molecular complexity index is 850. The number of aromatic nitrogens is 1. The van der Waals surface area contributed by atoms with Gasteiger partial charge in [-0.1, -0.05) is 47.6 Å². The van der Waals surface area contributed by atoms with Gasteiger partial charge in [-0.15, -0.1) is 0 Å². The van der Waals surface area contributed by atoms with Crippen LogP contribution in [0, 0.1) is 11.3 Å². The molecule has 0 saturated carbocycles. The Morgan fingerprint density at radius 1 is 1.15 bits per heavy atom. The van der Waals surface area contributed by atoms with E-state index in [1.165, 1.54) is 0 Å². The number of hydrogen-bond acceptors (Lipinski definition) is 3. The zero-order chi connectivity index (χ0) is 19.5. The SMILES string of the molecule is CCC(C)(C)c1cc(/C=C(\C#N)c2ccccn2)cc(C(C)(C)C)c1O. The van der Waals surface area contributed by atoms with Crippen LogP contribution in [0.1, 0.15) is 70.3 Å². The van der Waals surface area contributed by atoms with Crippen LogP contribution in [0.25, 0.3) is 11.6 Å². The molecule has 0 aliphatic carbocycles. The van der Waals surface area contributed by atoms with Crippen molar-refractivity contribution in [3.05, 3.63) is 58.9 Å². The van der Waals surface area contributed by atoms with Crippen LogP contribution in [-0.2, 0) is 10.8 Å². The molecule has 2 rings (SSSR count). The number of phenols is 1. The molecule has 0 saturated heterocycles. The Morgan fingerprint density at radius 2 is 1.81 bits per heavy atom. The average molecular weight is 348 g/mol. The summed E-state index contributed by atoms with van der Waals surface area (Å²) in [6, 6.07) is 11.8. The lowest BCUT2D eigenvalue weighted by molar-refractivity contribution is 0.410. The van der Waals surface area contributed by atoms with Crippen molar-refractivity contribution >= 4 is 11.6 Å². The van der Waals surface area contributed by atoms with Gasteiger partial charge in [0.25, 0.3) is 0 Å². The molecule has 1 aromatic carbocycles. The summed E-state index contributed by atoms with van der Waals surface area (Å²) in [5.74, 6) is 0.359. The van der Waals surface area contributed by atoms with E-state index in [2.05, 4.69) is 52.6 Å². The van der Waals surface area contributed by atoms with Crippen LogP contribution in [0.5, 0.6) is 5.75 Å². The molecule has 0 aliphatic heterocycles. The average Bonchev–Trinajstić information content (AvgIpc) is 2.60. The number of pyridine rings is 1. The maximum atomic E-state index is 10.9. The highest BCUT2D eigenvalue weighted by molar-refractivity contribution is 5.88. The van der Waals surface area contributed by atoms with Crippen molar-refractivity contribution in [1.82, 2.24) is 4.98 Å². The van der Waals surface area contributed by atoms with E-state index in [4.69, 9.17) is 0 Å². The summed E-state index contributed by atoms with van der Waals surface area (Å²) < 4.78 is 0. The zero-order valence-electron chi connectivity index (χ0n) is 16.6. The van der Waals surface area contributed by atoms with Gasteiger partial charge in [-0.3, -0.25) is 4.98 Å². The van der Waals surface area contributed by atoms with E-state index in [1.807, 2.05) is 36.4 Å². The maximum Gasteiger partial charge on any atom is 0.123 e. The molecular formula is C23H28N2O. The second-order valence-corrected chi connectivity index (χ2v) is 8.34. The third-order valence-electron chi connectivity index (χ3n) is 4.93. The fourth-order valence-electron chi connectivity index (χ4n) is 2.87. The third-order valence-corrected chi connectivity index (χ3v) is 4.93. The minimum atomic E-state index is -0.204. The Labute approximate surface area is 157 Å². The number of hydrogen-bond donors (Lipinski definition) is 1. The van der Waals surface area contributed by atoms with Gasteiger partial charge in [0.05, 0.1) is 11.3 Å². The normalized spacial score (nSPS) is 12.7. The first-order valence-electron chi connectivity index (χ1n) is 9.01. The number of nitrogens with zero attached hydrogens (tertiary/aromatic N) is 2. The minimum Gasteiger partial charge on any atom is -0.507 e. The van der Waals surface area contributed by atoms with Gasteiger partial charge in [-0.25, -0.2) is 0 Å². The van der Waals surface area contributed by atoms with Crippen LogP contribution in [0.3, 0.4) is 0 Å². The Kier molecular flexibility index (Phi) is 5.56. The summed E-state index contributed by atoms with van der Waals surface area (Å²) in [5.41, 5.74) is 3.51. The molecule has 0 atom stereocenters. The predicted molar refractivity (Wildman–Crippen MR) is 108 cm³/mol. The van der Waals surface area contributed by atoms with E-state index < -0.39 is 0 Å². The molecule has 1 aromatic heterocycles. The lowest BCUT2D eigenvalue weighted by Crippen LogP contribution is -2.19. The van der Waals surface area contributed by atoms with E-state index in [-0.39, 0.29) is 10.8 Å². The first-order chi connectivity index (χ1) is 12.1. The molecular weight excluding hydrogens is 320 g/mol. The monoisotopic (exact) mass is 348 g/mol.